The highest BCUT2D eigenvalue weighted by molar-refractivity contribution is 7.97. The van der Waals surface area contributed by atoms with Gasteiger partial charge in [-0.2, -0.15) is 0 Å². The maximum Gasteiger partial charge on any atom is 0.338 e. The van der Waals surface area contributed by atoms with Crippen LogP contribution in [0.15, 0.2) is 0 Å². The molecule has 0 fully saturated rings. The molecule has 0 aliphatic carbocycles. The highest BCUT2D eigenvalue weighted by atomic mass is 35.5. The SMILES string of the molecule is O=C(O)C=S(=O)(O)CCCl. The van der Waals surface area contributed by atoms with Crippen molar-refractivity contribution >= 4 is 32.7 Å². The van der Waals surface area contributed by atoms with E-state index >= 15 is 0 Å². The minimum absolute atomic E-state index is 0.0287. The molecular formula is C4H7ClO4S. The smallest absolute Gasteiger partial charge is 0.338 e. The number of aliphatic carboxylic acids is 1. The number of rotatable bonds is 3. The average Bonchev–Trinajstić information content (AvgIpc) is 1.59. The summed E-state index contributed by atoms with van der Waals surface area (Å²) in [4.78, 5) is 9.85. The third-order valence-corrected chi connectivity index (χ3v) is 2.43. The molecule has 0 spiro atoms. The molecule has 0 aliphatic heterocycles. The number of hydrogen-bond donors (Lipinski definition) is 2. The topological polar surface area (TPSA) is 74.6 Å². The van der Waals surface area contributed by atoms with E-state index in [1.807, 2.05) is 0 Å². The molecule has 0 rings (SSSR count). The zero-order chi connectivity index (χ0) is 8.20. The van der Waals surface area contributed by atoms with Crippen LogP contribution in [0.3, 0.4) is 0 Å². The first-order valence-electron chi connectivity index (χ1n) is 2.36. The Hall–Kier alpha value is -0.260. The van der Waals surface area contributed by atoms with Gasteiger partial charge in [0.25, 0.3) is 0 Å². The summed E-state index contributed by atoms with van der Waals surface area (Å²) < 4.78 is 19.3. The van der Waals surface area contributed by atoms with Gasteiger partial charge in [0, 0.05) is 5.88 Å². The number of carboxylic acids is 1. The van der Waals surface area contributed by atoms with E-state index in [1.165, 1.54) is 0 Å². The maximum atomic E-state index is 10.6. The lowest BCUT2D eigenvalue weighted by Crippen LogP contribution is -2.13. The lowest BCUT2D eigenvalue weighted by atomic mass is 10.8. The van der Waals surface area contributed by atoms with Crippen molar-refractivity contribution in [1.29, 1.82) is 0 Å². The van der Waals surface area contributed by atoms with Gasteiger partial charge in [0.05, 0.1) is 15.6 Å². The van der Waals surface area contributed by atoms with Gasteiger partial charge in [-0.05, 0) is 0 Å². The first kappa shape index (κ1) is 9.74. The van der Waals surface area contributed by atoms with Crippen LogP contribution in [-0.4, -0.2) is 36.8 Å². The molecule has 6 heteroatoms. The van der Waals surface area contributed by atoms with Gasteiger partial charge >= 0.3 is 5.97 Å². The predicted octanol–water partition coefficient (Wildman–Crippen LogP) is -0.131. The Morgan fingerprint density at radius 3 is 2.50 bits per heavy atom. The molecule has 2 N–H and O–H groups in total. The second kappa shape index (κ2) is 3.80. The van der Waals surface area contributed by atoms with Gasteiger partial charge in [-0.15, -0.1) is 11.6 Å². The van der Waals surface area contributed by atoms with Gasteiger partial charge in [-0.25, -0.2) is 9.00 Å². The minimum Gasteiger partial charge on any atom is -0.478 e. The second-order valence-corrected chi connectivity index (χ2v) is 3.94. The van der Waals surface area contributed by atoms with Crippen molar-refractivity contribution in [3.8, 4) is 0 Å². The zero-order valence-corrected chi connectivity index (χ0v) is 6.56. The van der Waals surface area contributed by atoms with E-state index in [-0.39, 0.29) is 11.6 Å². The standard InChI is InChI=1S/C4H7ClO4S/c5-1-2-10(8,9)3-4(6)7/h3H,1-2H2,(H,6,7)(H,8,9). The van der Waals surface area contributed by atoms with Gasteiger partial charge in [0.1, 0.15) is 5.37 Å². The molecule has 1 atom stereocenters. The van der Waals surface area contributed by atoms with Crippen LogP contribution in [0.2, 0.25) is 0 Å². The van der Waals surface area contributed by atoms with Crippen LogP contribution in [0.4, 0.5) is 0 Å². The quantitative estimate of drug-likeness (QED) is 0.476. The first-order valence-corrected chi connectivity index (χ1v) is 4.64. The van der Waals surface area contributed by atoms with Crippen molar-refractivity contribution in [2.45, 2.75) is 0 Å². The van der Waals surface area contributed by atoms with E-state index in [4.69, 9.17) is 21.3 Å². The summed E-state index contributed by atoms with van der Waals surface area (Å²) >= 11 is 5.12. The fourth-order valence-corrected chi connectivity index (χ4v) is 1.64. The Labute approximate surface area is 63.6 Å². The molecule has 0 amide bonds. The monoisotopic (exact) mass is 186 g/mol. The molecule has 0 saturated carbocycles. The van der Waals surface area contributed by atoms with Crippen LogP contribution in [-0.2, 0) is 14.6 Å². The third kappa shape index (κ3) is 4.60. The molecule has 0 aromatic rings. The highest BCUT2D eigenvalue weighted by Crippen LogP contribution is 1.86. The van der Waals surface area contributed by atoms with E-state index in [1.54, 1.807) is 0 Å². The van der Waals surface area contributed by atoms with Gasteiger partial charge in [-0.3, -0.25) is 0 Å². The van der Waals surface area contributed by atoms with Crippen LogP contribution in [0.1, 0.15) is 0 Å². The van der Waals surface area contributed by atoms with Gasteiger partial charge in [0.15, 0.2) is 0 Å². The summed E-state index contributed by atoms with van der Waals surface area (Å²) in [6.45, 7) is 0. The van der Waals surface area contributed by atoms with E-state index in [0.717, 1.165) is 0 Å². The van der Waals surface area contributed by atoms with Crippen molar-refractivity contribution < 1.29 is 18.7 Å². The summed E-state index contributed by atoms with van der Waals surface area (Å²) in [5.74, 6) is -1.66. The molecule has 0 heterocycles. The van der Waals surface area contributed by atoms with Crippen molar-refractivity contribution in [1.82, 2.24) is 0 Å². The average molecular weight is 187 g/mol. The van der Waals surface area contributed by atoms with Crippen LogP contribution in [0.25, 0.3) is 0 Å². The normalized spacial score (nSPS) is 15.8. The number of carbonyl (C=O) groups is 1. The molecule has 0 bridgehead atoms. The fraction of sp³-hybridized carbons (Fsp3) is 0.500. The Morgan fingerprint density at radius 1 is 1.70 bits per heavy atom. The van der Waals surface area contributed by atoms with Crippen LogP contribution in [0, 0.1) is 0 Å². The van der Waals surface area contributed by atoms with E-state index < -0.39 is 15.8 Å². The lowest BCUT2D eigenvalue weighted by Gasteiger charge is -1.95. The zero-order valence-electron chi connectivity index (χ0n) is 4.99. The first-order chi connectivity index (χ1) is 4.48. The predicted molar refractivity (Wildman–Crippen MR) is 40.1 cm³/mol. The third-order valence-electron chi connectivity index (χ3n) is 0.655. The Kier molecular flexibility index (Phi) is 3.70. The molecular weight excluding hydrogens is 180 g/mol. The summed E-state index contributed by atoms with van der Waals surface area (Å²) in [5, 5.41) is 8.39. The fourth-order valence-electron chi connectivity index (χ4n) is 0.327. The van der Waals surface area contributed by atoms with Crippen LogP contribution in [0.5, 0.6) is 0 Å². The summed E-state index contributed by atoms with van der Waals surface area (Å²) in [5.41, 5.74) is 0. The van der Waals surface area contributed by atoms with Crippen molar-refractivity contribution in [2.75, 3.05) is 11.6 Å². The van der Waals surface area contributed by atoms with Crippen molar-refractivity contribution in [2.24, 2.45) is 0 Å². The van der Waals surface area contributed by atoms with Crippen LogP contribution < -0.4 is 0 Å². The molecule has 4 nitrogen and oxygen atoms in total. The van der Waals surface area contributed by atoms with E-state index in [0.29, 0.717) is 5.37 Å². The largest absolute Gasteiger partial charge is 0.478 e. The molecule has 0 aromatic heterocycles. The molecule has 1 unspecified atom stereocenters. The van der Waals surface area contributed by atoms with Gasteiger partial charge < -0.3 is 9.66 Å². The summed E-state index contributed by atoms with van der Waals surface area (Å²) in [6.07, 6.45) is 0. The summed E-state index contributed by atoms with van der Waals surface area (Å²) in [6, 6.07) is 0. The molecule has 0 aliphatic rings. The van der Waals surface area contributed by atoms with Crippen molar-refractivity contribution in [3.63, 3.8) is 0 Å². The Bertz CT molecular complexity index is 227. The van der Waals surface area contributed by atoms with E-state index in [9.17, 15) is 9.00 Å². The Balaban J connectivity index is 4.39. The number of carboxylic acid groups (broad SMARTS) is 1. The molecule has 0 saturated heterocycles. The molecule has 0 radical (unpaired) electrons. The second-order valence-electron chi connectivity index (χ2n) is 1.54. The number of alkyl halides is 1. The number of halogens is 1. The van der Waals surface area contributed by atoms with Crippen LogP contribution >= 0.6 is 11.6 Å². The lowest BCUT2D eigenvalue weighted by molar-refractivity contribution is -0.128. The molecule has 10 heavy (non-hydrogen) atoms. The van der Waals surface area contributed by atoms with Crippen molar-refractivity contribution in [3.05, 3.63) is 0 Å². The van der Waals surface area contributed by atoms with Gasteiger partial charge in [0.2, 0.25) is 0 Å². The molecule has 0 aromatic carbocycles. The van der Waals surface area contributed by atoms with E-state index in [2.05, 4.69) is 0 Å². The number of hydrogen-bond acceptors (Lipinski definition) is 2. The highest BCUT2D eigenvalue weighted by Gasteiger charge is 2.02. The molecule has 60 valence electrons. The Morgan fingerprint density at radius 2 is 2.20 bits per heavy atom. The van der Waals surface area contributed by atoms with Gasteiger partial charge in [-0.1, -0.05) is 0 Å². The minimum atomic E-state index is -3.34. The summed E-state index contributed by atoms with van der Waals surface area (Å²) in [7, 11) is -3.34. The maximum absolute atomic E-state index is 10.6.